The van der Waals surface area contributed by atoms with Crippen LogP contribution in [-0.2, 0) is 27.3 Å². The van der Waals surface area contributed by atoms with Crippen molar-refractivity contribution < 1.29 is 24.2 Å². The third-order valence-electron chi connectivity index (χ3n) is 6.08. The molecule has 0 fully saturated rings. The first-order valence-electron chi connectivity index (χ1n) is 12.6. The first-order chi connectivity index (χ1) is 17.3. The highest BCUT2D eigenvalue weighted by atomic mass is 16.5. The molecular weight excluding hydrogens is 458 g/mol. The largest absolute Gasteiger partial charge is 0.494 e. The van der Waals surface area contributed by atoms with Crippen molar-refractivity contribution in [2.75, 3.05) is 13.2 Å². The van der Waals surface area contributed by atoms with Crippen LogP contribution in [0.25, 0.3) is 0 Å². The summed E-state index contributed by atoms with van der Waals surface area (Å²) >= 11 is 0. The summed E-state index contributed by atoms with van der Waals surface area (Å²) in [5.74, 6) is -1.33. The third-order valence-corrected chi connectivity index (χ3v) is 6.08. The second-order valence-electron chi connectivity index (χ2n) is 9.07. The van der Waals surface area contributed by atoms with Gasteiger partial charge < -0.3 is 26.2 Å². The lowest BCUT2D eigenvalue weighted by molar-refractivity contribution is -0.138. The molecular formula is C28H39N3O5. The topological polar surface area (TPSA) is 131 Å². The fraction of sp³-hybridized carbons (Fsp3) is 0.464. The van der Waals surface area contributed by atoms with Crippen LogP contribution in [0, 0.1) is 12.8 Å². The maximum atomic E-state index is 13.1. The molecule has 0 aliphatic carbocycles. The molecule has 2 atom stereocenters. The van der Waals surface area contributed by atoms with E-state index in [0.29, 0.717) is 32.5 Å². The lowest BCUT2D eigenvalue weighted by atomic mass is 10.0. The number of rotatable bonds is 16. The number of aliphatic carboxylic acids is 1. The molecule has 0 heterocycles. The second-order valence-corrected chi connectivity index (χ2v) is 9.07. The standard InChI is InChI=1S/C28H39N3O5/c1-20-10-13-24(36-17-7-6-16-29)18-23(20)19-30-28(35)25(14-12-22-8-4-3-5-9-22)31-27(34)21(2)11-15-26(32)33/h3-5,8-10,13,18,21,25H,6-7,11-12,14-17,19,29H2,1-2H3,(H,30,35)(H,31,34)(H,32,33)/t21-,25-/m0/s1. The van der Waals surface area contributed by atoms with Crippen LogP contribution in [0.2, 0.25) is 0 Å². The van der Waals surface area contributed by atoms with E-state index < -0.39 is 17.9 Å². The van der Waals surface area contributed by atoms with Gasteiger partial charge in [-0.25, -0.2) is 0 Å². The van der Waals surface area contributed by atoms with Gasteiger partial charge in [0.15, 0.2) is 0 Å². The maximum Gasteiger partial charge on any atom is 0.303 e. The Balaban J connectivity index is 2.02. The Labute approximate surface area is 213 Å². The van der Waals surface area contributed by atoms with Crippen LogP contribution < -0.4 is 21.1 Å². The van der Waals surface area contributed by atoms with E-state index in [1.807, 2.05) is 55.5 Å². The average molecular weight is 498 g/mol. The first kappa shape index (κ1) is 28.8. The number of ether oxygens (including phenoxy) is 1. The van der Waals surface area contributed by atoms with E-state index in [2.05, 4.69) is 10.6 Å². The fourth-order valence-corrected chi connectivity index (χ4v) is 3.68. The smallest absolute Gasteiger partial charge is 0.303 e. The molecule has 0 bridgehead atoms. The first-order valence-corrected chi connectivity index (χ1v) is 12.6. The van der Waals surface area contributed by atoms with Gasteiger partial charge in [-0.3, -0.25) is 14.4 Å². The third kappa shape index (κ3) is 10.5. The normalized spacial score (nSPS) is 12.4. The molecule has 2 amide bonds. The number of hydrogen-bond acceptors (Lipinski definition) is 5. The summed E-state index contributed by atoms with van der Waals surface area (Å²) in [6.45, 7) is 5.16. The van der Waals surface area contributed by atoms with E-state index in [1.54, 1.807) is 6.92 Å². The highest BCUT2D eigenvalue weighted by molar-refractivity contribution is 5.88. The Kier molecular flexibility index (Phi) is 12.5. The van der Waals surface area contributed by atoms with Crippen molar-refractivity contribution in [2.45, 2.75) is 65.0 Å². The lowest BCUT2D eigenvalue weighted by Gasteiger charge is -2.21. The minimum atomic E-state index is -0.950. The summed E-state index contributed by atoms with van der Waals surface area (Å²) < 4.78 is 5.80. The molecule has 8 heteroatoms. The number of amides is 2. The Morgan fingerprint density at radius 3 is 2.47 bits per heavy atom. The molecule has 0 aliphatic heterocycles. The lowest BCUT2D eigenvalue weighted by Crippen LogP contribution is -2.48. The predicted octanol–water partition coefficient (Wildman–Crippen LogP) is 3.35. The van der Waals surface area contributed by atoms with E-state index >= 15 is 0 Å². The zero-order valence-electron chi connectivity index (χ0n) is 21.3. The quantitative estimate of drug-likeness (QED) is 0.263. The fourth-order valence-electron chi connectivity index (χ4n) is 3.68. The van der Waals surface area contributed by atoms with Gasteiger partial charge in [0, 0.05) is 18.9 Å². The predicted molar refractivity (Wildman–Crippen MR) is 140 cm³/mol. The van der Waals surface area contributed by atoms with E-state index in [-0.39, 0.29) is 24.7 Å². The Morgan fingerprint density at radius 1 is 1.03 bits per heavy atom. The van der Waals surface area contributed by atoms with E-state index in [9.17, 15) is 14.4 Å². The van der Waals surface area contributed by atoms with Gasteiger partial charge in [-0.1, -0.05) is 43.3 Å². The maximum absolute atomic E-state index is 13.1. The molecule has 2 rings (SSSR count). The number of hydrogen-bond donors (Lipinski definition) is 4. The Morgan fingerprint density at radius 2 is 1.78 bits per heavy atom. The minimum absolute atomic E-state index is 0.0978. The van der Waals surface area contributed by atoms with Crippen molar-refractivity contribution in [3.8, 4) is 5.75 Å². The minimum Gasteiger partial charge on any atom is -0.494 e. The Bertz CT molecular complexity index is 980. The molecule has 2 aromatic rings. The number of nitrogens with two attached hydrogens (primary N) is 1. The molecule has 0 unspecified atom stereocenters. The summed E-state index contributed by atoms with van der Waals surface area (Å²) in [5.41, 5.74) is 8.55. The zero-order chi connectivity index (χ0) is 26.3. The number of carbonyl (C=O) groups excluding carboxylic acids is 2. The molecule has 0 spiro atoms. The zero-order valence-corrected chi connectivity index (χ0v) is 21.3. The molecule has 2 aromatic carbocycles. The van der Waals surface area contributed by atoms with Crippen molar-refractivity contribution in [3.63, 3.8) is 0 Å². The van der Waals surface area contributed by atoms with Crippen LogP contribution in [0.4, 0.5) is 0 Å². The van der Waals surface area contributed by atoms with Crippen LogP contribution in [0.5, 0.6) is 5.75 Å². The van der Waals surface area contributed by atoms with E-state index in [0.717, 1.165) is 35.3 Å². The number of nitrogens with one attached hydrogen (secondary N) is 2. The highest BCUT2D eigenvalue weighted by Crippen LogP contribution is 2.18. The number of carboxylic acid groups (broad SMARTS) is 1. The number of aryl methyl sites for hydroxylation is 2. The van der Waals surface area contributed by atoms with Crippen LogP contribution in [0.15, 0.2) is 48.5 Å². The molecule has 0 aliphatic rings. The van der Waals surface area contributed by atoms with Crippen molar-refractivity contribution in [3.05, 3.63) is 65.2 Å². The van der Waals surface area contributed by atoms with E-state index in [4.69, 9.17) is 15.6 Å². The van der Waals surface area contributed by atoms with Gasteiger partial charge in [0.25, 0.3) is 0 Å². The molecule has 196 valence electrons. The van der Waals surface area contributed by atoms with Gasteiger partial charge in [-0.2, -0.15) is 0 Å². The summed E-state index contributed by atoms with van der Waals surface area (Å²) in [5, 5.41) is 14.7. The molecule has 0 aromatic heterocycles. The van der Waals surface area contributed by atoms with Crippen LogP contribution in [-0.4, -0.2) is 42.1 Å². The van der Waals surface area contributed by atoms with Crippen LogP contribution >= 0.6 is 0 Å². The van der Waals surface area contributed by atoms with Gasteiger partial charge in [-0.15, -0.1) is 0 Å². The van der Waals surface area contributed by atoms with Gasteiger partial charge in [0.05, 0.1) is 6.61 Å². The van der Waals surface area contributed by atoms with Crippen LogP contribution in [0.3, 0.4) is 0 Å². The number of carbonyl (C=O) groups is 3. The van der Waals surface area contributed by atoms with Crippen molar-refractivity contribution >= 4 is 17.8 Å². The van der Waals surface area contributed by atoms with Gasteiger partial charge in [0.2, 0.25) is 11.8 Å². The van der Waals surface area contributed by atoms with E-state index in [1.165, 1.54) is 0 Å². The summed E-state index contributed by atoms with van der Waals surface area (Å²) in [6.07, 6.45) is 2.94. The SMILES string of the molecule is Cc1ccc(OCCCCN)cc1CNC(=O)[C@H](CCc1ccccc1)NC(=O)[C@@H](C)CCC(=O)O. The number of benzene rings is 2. The van der Waals surface area contributed by atoms with Gasteiger partial charge in [-0.05, 0) is 74.4 Å². The molecule has 0 saturated carbocycles. The van der Waals surface area contributed by atoms with Crippen molar-refractivity contribution in [1.82, 2.24) is 10.6 Å². The van der Waals surface area contributed by atoms with Gasteiger partial charge in [0.1, 0.15) is 11.8 Å². The average Bonchev–Trinajstić information content (AvgIpc) is 2.87. The van der Waals surface area contributed by atoms with Crippen LogP contribution in [0.1, 0.15) is 55.7 Å². The molecule has 5 N–H and O–H groups in total. The summed E-state index contributed by atoms with van der Waals surface area (Å²) in [4.78, 5) is 36.7. The molecule has 0 radical (unpaired) electrons. The molecule has 8 nitrogen and oxygen atoms in total. The van der Waals surface area contributed by atoms with Crippen molar-refractivity contribution in [2.24, 2.45) is 11.7 Å². The monoisotopic (exact) mass is 497 g/mol. The molecule has 0 saturated heterocycles. The van der Waals surface area contributed by atoms with Crippen molar-refractivity contribution in [1.29, 1.82) is 0 Å². The van der Waals surface area contributed by atoms with Gasteiger partial charge >= 0.3 is 5.97 Å². The summed E-state index contributed by atoms with van der Waals surface area (Å²) in [6, 6.07) is 14.8. The number of carboxylic acids is 1. The second kappa shape index (κ2) is 15.6. The summed E-state index contributed by atoms with van der Waals surface area (Å²) in [7, 11) is 0. The number of unbranched alkanes of at least 4 members (excludes halogenated alkanes) is 1. The Hall–Kier alpha value is -3.39. The molecule has 36 heavy (non-hydrogen) atoms. The highest BCUT2D eigenvalue weighted by Gasteiger charge is 2.24.